The van der Waals surface area contributed by atoms with E-state index in [1.54, 1.807) is 17.4 Å². The fourth-order valence-electron chi connectivity index (χ4n) is 2.08. The van der Waals surface area contributed by atoms with Crippen molar-refractivity contribution >= 4 is 46.1 Å². The summed E-state index contributed by atoms with van der Waals surface area (Å²) in [6.07, 6.45) is 0. The van der Waals surface area contributed by atoms with Crippen LogP contribution in [0.25, 0.3) is 0 Å². The number of likely N-dealkylation sites (N-methyl/N-ethyl adjacent to an activating group) is 1. The van der Waals surface area contributed by atoms with Gasteiger partial charge in [-0.25, -0.2) is 0 Å². The summed E-state index contributed by atoms with van der Waals surface area (Å²) in [4.78, 5) is 3.39. The first-order valence-corrected chi connectivity index (χ1v) is 8.05. The van der Waals surface area contributed by atoms with Crippen LogP contribution in [0.2, 0.25) is 14.4 Å². The fourth-order valence-corrected chi connectivity index (χ4v) is 3.54. The topological polar surface area (TPSA) is 29.3 Å². The first kappa shape index (κ1) is 16.1. The van der Waals surface area contributed by atoms with Crippen molar-refractivity contribution < 1.29 is 0 Å². The van der Waals surface area contributed by atoms with E-state index < -0.39 is 0 Å². The Hall–Kier alpha value is -0.290. The standard InChI is InChI=1S/C14H15Cl3N2S/c1-19(8-10-3-5-14(17)20-10)13(7-18)9-2-4-11(15)12(16)6-9/h2-6,13H,7-8,18H2,1H3. The smallest absolute Gasteiger partial charge is 0.0931 e. The number of hydrogen-bond donors (Lipinski definition) is 1. The summed E-state index contributed by atoms with van der Waals surface area (Å²) in [6.45, 7) is 1.30. The third kappa shape index (κ3) is 3.88. The van der Waals surface area contributed by atoms with E-state index in [1.807, 2.05) is 31.3 Å². The molecule has 0 radical (unpaired) electrons. The second kappa shape index (κ2) is 7.12. The Kier molecular flexibility index (Phi) is 5.73. The zero-order valence-electron chi connectivity index (χ0n) is 10.9. The summed E-state index contributed by atoms with van der Waals surface area (Å²) in [5.74, 6) is 0. The molecule has 0 fully saturated rings. The Morgan fingerprint density at radius 2 is 1.90 bits per heavy atom. The Morgan fingerprint density at radius 3 is 2.45 bits per heavy atom. The fraction of sp³-hybridized carbons (Fsp3) is 0.286. The Balaban J connectivity index is 2.16. The maximum atomic E-state index is 6.08. The summed E-state index contributed by atoms with van der Waals surface area (Å²) in [5, 5.41) is 1.11. The zero-order valence-corrected chi connectivity index (χ0v) is 14.0. The SMILES string of the molecule is CN(Cc1ccc(Cl)s1)C(CN)c1ccc(Cl)c(Cl)c1. The van der Waals surface area contributed by atoms with Crippen LogP contribution < -0.4 is 5.73 Å². The minimum atomic E-state index is 0.0886. The normalized spacial score (nSPS) is 12.9. The van der Waals surface area contributed by atoms with Crippen LogP contribution >= 0.6 is 46.1 Å². The van der Waals surface area contributed by atoms with E-state index in [0.29, 0.717) is 16.6 Å². The van der Waals surface area contributed by atoms with Crippen LogP contribution in [0.3, 0.4) is 0 Å². The lowest BCUT2D eigenvalue weighted by Gasteiger charge is -2.27. The molecule has 1 aromatic heterocycles. The maximum absolute atomic E-state index is 6.08. The molecule has 0 aliphatic carbocycles. The summed E-state index contributed by atoms with van der Waals surface area (Å²) < 4.78 is 0.798. The molecular weight excluding hydrogens is 335 g/mol. The summed E-state index contributed by atoms with van der Waals surface area (Å²) in [7, 11) is 2.04. The van der Waals surface area contributed by atoms with E-state index in [-0.39, 0.29) is 6.04 Å². The van der Waals surface area contributed by atoms with Crippen LogP contribution in [0.1, 0.15) is 16.5 Å². The van der Waals surface area contributed by atoms with E-state index in [1.165, 1.54) is 4.88 Å². The highest BCUT2D eigenvalue weighted by Gasteiger charge is 2.17. The van der Waals surface area contributed by atoms with Crippen LogP contribution in [0.5, 0.6) is 0 Å². The quantitative estimate of drug-likeness (QED) is 0.837. The van der Waals surface area contributed by atoms with Crippen molar-refractivity contribution in [1.82, 2.24) is 4.90 Å². The largest absolute Gasteiger partial charge is 0.329 e. The van der Waals surface area contributed by atoms with Crippen molar-refractivity contribution in [3.05, 3.63) is 55.2 Å². The predicted molar refractivity (Wildman–Crippen MR) is 89.1 cm³/mol. The molecule has 2 N–H and O–H groups in total. The van der Waals surface area contributed by atoms with Crippen LogP contribution in [0.4, 0.5) is 0 Å². The van der Waals surface area contributed by atoms with Crippen molar-refractivity contribution in [2.45, 2.75) is 12.6 Å². The molecule has 108 valence electrons. The lowest BCUT2D eigenvalue weighted by molar-refractivity contribution is 0.244. The first-order chi connectivity index (χ1) is 9.51. The third-order valence-electron chi connectivity index (χ3n) is 3.12. The van der Waals surface area contributed by atoms with Gasteiger partial charge in [0.1, 0.15) is 0 Å². The van der Waals surface area contributed by atoms with Gasteiger partial charge in [-0.2, -0.15) is 0 Å². The van der Waals surface area contributed by atoms with E-state index in [4.69, 9.17) is 40.5 Å². The Labute approximate surface area is 138 Å². The van der Waals surface area contributed by atoms with Gasteiger partial charge in [-0.1, -0.05) is 40.9 Å². The lowest BCUT2D eigenvalue weighted by Crippen LogP contribution is -2.29. The zero-order chi connectivity index (χ0) is 14.7. The average molecular weight is 350 g/mol. The second-order valence-electron chi connectivity index (χ2n) is 4.55. The highest BCUT2D eigenvalue weighted by molar-refractivity contribution is 7.16. The van der Waals surface area contributed by atoms with Crippen molar-refractivity contribution in [1.29, 1.82) is 0 Å². The monoisotopic (exact) mass is 348 g/mol. The number of halogens is 3. The van der Waals surface area contributed by atoms with E-state index in [2.05, 4.69) is 4.90 Å². The number of thiophene rings is 1. The van der Waals surface area contributed by atoms with Gasteiger partial charge in [0, 0.05) is 24.0 Å². The van der Waals surface area contributed by atoms with E-state index >= 15 is 0 Å². The molecule has 1 heterocycles. The van der Waals surface area contributed by atoms with Gasteiger partial charge < -0.3 is 5.73 Å². The van der Waals surface area contributed by atoms with Crippen LogP contribution in [-0.4, -0.2) is 18.5 Å². The minimum Gasteiger partial charge on any atom is -0.329 e. The van der Waals surface area contributed by atoms with Gasteiger partial charge in [-0.15, -0.1) is 11.3 Å². The van der Waals surface area contributed by atoms with Gasteiger partial charge >= 0.3 is 0 Å². The molecule has 0 bridgehead atoms. The Morgan fingerprint density at radius 1 is 1.15 bits per heavy atom. The van der Waals surface area contributed by atoms with Gasteiger partial charge in [0.2, 0.25) is 0 Å². The van der Waals surface area contributed by atoms with Crippen molar-refractivity contribution in [2.24, 2.45) is 5.73 Å². The summed E-state index contributed by atoms with van der Waals surface area (Å²) in [5.41, 5.74) is 6.97. The number of hydrogen-bond acceptors (Lipinski definition) is 3. The molecule has 6 heteroatoms. The molecule has 1 atom stereocenters. The molecule has 0 saturated heterocycles. The average Bonchev–Trinajstić information content (AvgIpc) is 2.80. The number of rotatable bonds is 5. The molecule has 2 rings (SSSR count). The molecule has 1 aromatic carbocycles. The summed E-state index contributed by atoms with van der Waals surface area (Å²) >= 11 is 19.6. The highest BCUT2D eigenvalue weighted by atomic mass is 35.5. The number of nitrogens with two attached hydrogens (primary N) is 1. The molecule has 1 unspecified atom stereocenters. The number of benzene rings is 1. The molecule has 2 nitrogen and oxygen atoms in total. The van der Waals surface area contributed by atoms with Gasteiger partial charge in [-0.3, -0.25) is 4.90 Å². The lowest BCUT2D eigenvalue weighted by atomic mass is 10.1. The van der Waals surface area contributed by atoms with Crippen LogP contribution in [0.15, 0.2) is 30.3 Å². The molecule has 0 aliphatic rings. The van der Waals surface area contributed by atoms with Crippen LogP contribution in [0, 0.1) is 0 Å². The van der Waals surface area contributed by atoms with Crippen molar-refractivity contribution in [3.63, 3.8) is 0 Å². The van der Waals surface area contributed by atoms with Crippen molar-refractivity contribution in [3.8, 4) is 0 Å². The molecule has 0 spiro atoms. The summed E-state index contributed by atoms with van der Waals surface area (Å²) in [6, 6.07) is 9.67. The van der Waals surface area contributed by atoms with E-state index in [0.717, 1.165) is 16.4 Å². The predicted octanol–water partition coefficient (Wildman–Crippen LogP) is 4.84. The molecule has 2 aromatic rings. The molecule has 0 saturated carbocycles. The molecule has 20 heavy (non-hydrogen) atoms. The van der Waals surface area contributed by atoms with Gasteiger partial charge in [0.05, 0.1) is 14.4 Å². The molecular formula is C14H15Cl3N2S. The maximum Gasteiger partial charge on any atom is 0.0931 e. The molecule has 0 aliphatic heterocycles. The third-order valence-corrected chi connectivity index (χ3v) is 5.07. The van der Waals surface area contributed by atoms with E-state index in [9.17, 15) is 0 Å². The first-order valence-electron chi connectivity index (χ1n) is 6.10. The Bertz CT molecular complexity index is 586. The van der Waals surface area contributed by atoms with Crippen molar-refractivity contribution in [2.75, 3.05) is 13.6 Å². The molecule has 0 amide bonds. The van der Waals surface area contributed by atoms with Gasteiger partial charge in [-0.05, 0) is 36.9 Å². The van der Waals surface area contributed by atoms with Gasteiger partial charge in [0.25, 0.3) is 0 Å². The second-order valence-corrected chi connectivity index (χ2v) is 7.16. The number of nitrogens with zero attached hydrogens (tertiary/aromatic N) is 1. The highest BCUT2D eigenvalue weighted by Crippen LogP contribution is 2.29. The van der Waals surface area contributed by atoms with Crippen LogP contribution in [-0.2, 0) is 6.54 Å². The van der Waals surface area contributed by atoms with Gasteiger partial charge in [0.15, 0.2) is 0 Å². The minimum absolute atomic E-state index is 0.0886.